The Kier molecular flexibility index (Phi) is 5.78. The largest absolute Gasteiger partial charge is 0.469 e. The number of esters is 1. The monoisotopic (exact) mass is 286 g/mol. The number of para-hydroxylation sites is 1. The van der Waals surface area contributed by atoms with Gasteiger partial charge >= 0.3 is 5.97 Å². The summed E-state index contributed by atoms with van der Waals surface area (Å²) in [6.45, 7) is 0.146. The van der Waals surface area contributed by atoms with Gasteiger partial charge in [-0.2, -0.15) is 0 Å². The summed E-state index contributed by atoms with van der Waals surface area (Å²) < 4.78 is 30.2. The highest BCUT2D eigenvalue weighted by molar-refractivity contribution is 7.89. The second kappa shape index (κ2) is 7.10. The molecule has 7 heteroatoms. The van der Waals surface area contributed by atoms with Gasteiger partial charge in [-0.3, -0.25) is 4.79 Å². The minimum atomic E-state index is -3.41. The molecule has 1 aromatic carbocycles. The van der Waals surface area contributed by atoms with Gasteiger partial charge < -0.3 is 10.5 Å². The second-order valence-electron chi connectivity index (χ2n) is 4.02. The van der Waals surface area contributed by atoms with Crippen molar-refractivity contribution in [3.63, 3.8) is 0 Å². The number of methoxy groups -OCH3 is 1. The second-order valence-corrected chi connectivity index (χ2v) is 5.94. The van der Waals surface area contributed by atoms with Crippen LogP contribution in [-0.4, -0.2) is 27.2 Å². The van der Waals surface area contributed by atoms with Crippen LogP contribution in [-0.2, 0) is 26.1 Å². The van der Waals surface area contributed by atoms with Crippen LogP contribution >= 0.6 is 0 Å². The Morgan fingerprint density at radius 1 is 1.37 bits per heavy atom. The first-order valence-corrected chi connectivity index (χ1v) is 7.47. The van der Waals surface area contributed by atoms with Gasteiger partial charge in [0, 0.05) is 18.7 Å². The molecule has 3 N–H and O–H groups in total. The predicted molar refractivity (Wildman–Crippen MR) is 72.7 cm³/mol. The Morgan fingerprint density at radius 3 is 2.68 bits per heavy atom. The molecule has 0 saturated carbocycles. The number of nitrogens with two attached hydrogens (primary N) is 1. The number of sulfonamides is 1. The van der Waals surface area contributed by atoms with Crippen molar-refractivity contribution in [1.29, 1.82) is 0 Å². The number of carbonyl (C=O) groups excluding carboxylic acids is 1. The Morgan fingerprint density at radius 2 is 2.05 bits per heavy atom. The van der Waals surface area contributed by atoms with E-state index in [2.05, 4.69) is 9.46 Å². The van der Waals surface area contributed by atoms with Crippen LogP contribution in [0.2, 0.25) is 0 Å². The molecule has 0 aliphatic carbocycles. The maximum atomic E-state index is 11.7. The highest BCUT2D eigenvalue weighted by Crippen LogP contribution is 2.10. The number of rotatable bonds is 7. The van der Waals surface area contributed by atoms with Crippen LogP contribution in [0.15, 0.2) is 24.3 Å². The summed E-state index contributed by atoms with van der Waals surface area (Å²) in [6, 6.07) is 7.04. The maximum absolute atomic E-state index is 11.7. The van der Waals surface area contributed by atoms with E-state index < -0.39 is 16.0 Å². The zero-order valence-corrected chi connectivity index (χ0v) is 11.6. The number of hydrogen-bond acceptors (Lipinski definition) is 5. The lowest BCUT2D eigenvalue weighted by Gasteiger charge is -2.08. The molecule has 0 aliphatic rings. The molecule has 0 saturated heterocycles. The highest BCUT2D eigenvalue weighted by Gasteiger charge is 2.12. The molecule has 0 aliphatic heterocycles. The van der Waals surface area contributed by atoms with Crippen molar-refractivity contribution in [2.75, 3.05) is 18.6 Å². The summed E-state index contributed by atoms with van der Waals surface area (Å²) in [6.07, 6.45) is 0.317. The van der Waals surface area contributed by atoms with Crippen molar-refractivity contribution in [3.8, 4) is 0 Å². The Labute approximate surface area is 113 Å². The normalized spacial score (nSPS) is 11.2. The van der Waals surface area contributed by atoms with E-state index in [0.717, 1.165) is 5.56 Å². The fourth-order valence-corrected chi connectivity index (χ4v) is 2.51. The highest BCUT2D eigenvalue weighted by atomic mass is 32.2. The average molecular weight is 286 g/mol. The topological polar surface area (TPSA) is 98.5 Å². The van der Waals surface area contributed by atoms with Gasteiger partial charge in [0.2, 0.25) is 10.0 Å². The third-order valence-corrected chi connectivity index (χ3v) is 3.97. The van der Waals surface area contributed by atoms with Crippen LogP contribution < -0.4 is 10.5 Å². The summed E-state index contributed by atoms with van der Waals surface area (Å²) in [4.78, 5) is 10.9. The number of carbonyl (C=O) groups is 1. The lowest BCUT2D eigenvalue weighted by Crippen LogP contribution is -2.26. The Bertz CT molecular complexity index is 528. The first kappa shape index (κ1) is 15.5. The van der Waals surface area contributed by atoms with Crippen molar-refractivity contribution in [3.05, 3.63) is 29.8 Å². The van der Waals surface area contributed by atoms with Crippen LogP contribution in [0.25, 0.3) is 0 Å². The van der Waals surface area contributed by atoms with Gasteiger partial charge in [-0.25, -0.2) is 13.1 Å². The summed E-state index contributed by atoms with van der Waals surface area (Å²) >= 11 is 0. The molecule has 0 atom stereocenters. The van der Waals surface area contributed by atoms with Crippen LogP contribution in [0.4, 0.5) is 5.69 Å². The van der Waals surface area contributed by atoms with E-state index in [1.54, 1.807) is 24.3 Å². The van der Waals surface area contributed by atoms with Gasteiger partial charge in [0.05, 0.1) is 12.9 Å². The summed E-state index contributed by atoms with van der Waals surface area (Å²) in [5.41, 5.74) is 6.97. The van der Waals surface area contributed by atoms with Crippen molar-refractivity contribution in [1.82, 2.24) is 4.72 Å². The van der Waals surface area contributed by atoms with E-state index in [9.17, 15) is 13.2 Å². The third kappa shape index (κ3) is 5.71. The number of nitrogen functional groups attached to an aromatic ring is 1. The molecule has 0 aromatic heterocycles. The molecular formula is C12H18N2O4S. The molecule has 1 aromatic rings. The van der Waals surface area contributed by atoms with Gasteiger partial charge in [0.25, 0.3) is 0 Å². The van der Waals surface area contributed by atoms with Crippen LogP contribution in [0.3, 0.4) is 0 Å². The van der Waals surface area contributed by atoms with Crippen molar-refractivity contribution in [2.24, 2.45) is 0 Å². The molecule has 106 valence electrons. The number of hydrogen-bond donors (Lipinski definition) is 2. The molecule has 0 heterocycles. The van der Waals surface area contributed by atoms with Gasteiger partial charge in [-0.15, -0.1) is 0 Å². The molecule has 0 unspecified atom stereocenters. The van der Waals surface area contributed by atoms with E-state index in [1.807, 2.05) is 0 Å². The quantitative estimate of drug-likeness (QED) is 0.566. The zero-order valence-electron chi connectivity index (χ0n) is 10.8. The molecule has 0 radical (unpaired) electrons. The first-order chi connectivity index (χ1) is 8.94. The minimum absolute atomic E-state index is 0.0882. The van der Waals surface area contributed by atoms with E-state index in [0.29, 0.717) is 5.69 Å². The SMILES string of the molecule is COC(=O)CCCS(=O)(=O)NCc1ccccc1N. The number of anilines is 1. The minimum Gasteiger partial charge on any atom is -0.469 e. The Balaban J connectivity index is 2.43. The molecule has 19 heavy (non-hydrogen) atoms. The Hall–Kier alpha value is -1.60. The van der Waals surface area contributed by atoms with Crippen molar-refractivity contribution < 1.29 is 17.9 Å². The van der Waals surface area contributed by atoms with E-state index in [-0.39, 0.29) is 25.1 Å². The molecule has 1 rings (SSSR count). The summed E-state index contributed by atoms with van der Waals surface area (Å²) in [5, 5.41) is 0. The molecule has 0 amide bonds. The third-order valence-electron chi connectivity index (χ3n) is 2.56. The zero-order chi connectivity index (χ0) is 14.3. The molecule has 0 fully saturated rings. The van der Waals surface area contributed by atoms with Crippen molar-refractivity contribution >= 4 is 21.7 Å². The van der Waals surface area contributed by atoms with E-state index >= 15 is 0 Å². The summed E-state index contributed by atoms with van der Waals surface area (Å²) in [7, 11) is -2.14. The smallest absolute Gasteiger partial charge is 0.305 e. The van der Waals surface area contributed by atoms with Crippen LogP contribution in [0, 0.1) is 0 Å². The summed E-state index contributed by atoms with van der Waals surface area (Å²) in [5.74, 6) is -0.531. The average Bonchev–Trinajstić information content (AvgIpc) is 2.37. The van der Waals surface area contributed by atoms with E-state index in [4.69, 9.17) is 5.73 Å². The molecular weight excluding hydrogens is 268 g/mol. The first-order valence-electron chi connectivity index (χ1n) is 5.82. The standard InChI is InChI=1S/C12H18N2O4S/c1-18-12(15)7-4-8-19(16,17)14-9-10-5-2-3-6-11(10)13/h2-3,5-6,14H,4,7-9,13H2,1H3. The fourth-order valence-electron chi connectivity index (χ4n) is 1.46. The van der Waals surface area contributed by atoms with Gasteiger partial charge in [-0.1, -0.05) is 18.2 Å². The lowest BCUT2D eigenvalue weighted by atomic mass is 10.2. The predicted octanol–water partition coefficient (Wildman–Crippen LogP) is 0.641. The number of nitrogens with one attached hydrogen (secondary N) is 1. The molecule has 6 nitrogen and oxygen atoms in total. The lowest BCUT2D eigenvalue weighted by molar-refractivity contribution is -0.140. The number of ether oxygens (including phenoxy) is 1. The molecule has 0 bridgehead atoms. The van der Waals surface area contributed by atoms with Gasteiger partial charge in [-0.05, 0) is 18.1 Å². The maximum Gasteiger partial charge on any atom is 0.305 e. The van der Waals surface area contributed by atoms with Gasteiger partial charge in [0.15, 0.2) is 0 Å². The van der Waals surface area contributed by atoms with Crippen LogP contribution in [0.5, 0.6) is 0 Å². The van der Waals surface area contributed by atoms with Crippen LogP contribution in [0.1, 0.15) is 18.4 Å². The van der Waals surface area contributed by atoms with Gasteiger partial charge in [0.1, 0.15) is 0 Å². The van der Waals surface area contributed by atoms with E-state index in [1.165, 1.54) is 7.11 Å². The molecule has 0 spiro atoms. The van der Waals surface area contributed by atoms with Crippen molar-refractivity contribution in [2.45, 2.75) is 19.4 Å². The fraction of sp³-hybridized carbons (Fsp3) is 0.417. The number of benzene rings is 1.